The Balaban J connectivity index is 1.37. The van der Waals surface area contributed by atoms with Crippen LogP contribution >= 0.6 is 0 Å². The molecule has 31 heavy (non-hydrogen) atoms. The molecule has 1 fully saturated rings. The number of amides is 3. The molecule has 2 aromatic carbocycles. The molecule has 0 aromatic heterocycles. The first-order valence-corrected chi connectivity index (χ1v) is 10.7. The van der Waals surface area contributed by atoms with E-state index in [1.54, 1.807) is 11.1 Å². The van der Waals surface area contributed by atoms with Crippen molar-refractivity contribution in [3.8, 4) is 0 Å². The number of fused-ring (bicyclic) bond motifs is 1. The molecule has 0 radical (unpaired) electrons. The fourth-order valence-electron chi connectivity index (χ4n) is 4.36. The number of carbonyl (C=O) groups is 3. The standard InChI is InChI=1S/C25H27N3O3/c1-18(29)28-16-13-19-7-5-6-10-22(19)23(28)17-24(30)27-14-11-20(12-15-27)25(31)26-21-8-3-2-4-9-21/h2-10,13,16,20,23H,11-12,14-15,17H2,1H3,(H,26,31). The highest BCUT2D eigenvalue weighted by Crippen LogP contribution is 2.33. The minimum Gasteiger partial charge on any atom is -0.343 e. The molecule has 2 aliphatic heterocycles. The predicted octanol–water partition coefficient (Wildman–Crippen LogP) is 3.83. The highest BCUT2D eigenvalue weighted by atomic mass is 16.2. The van der Waals surface area contributed by atoms with Crippen molar-refractivity contribution in [1.29, 1.82) is 0 Å². The maximum atomic E-state index is 13.1. The number of nitrogens with zero attached hydrogens (tertiary/aromatic N) is 2. The Labute approximate surface area is 182 Å². The normalized spacial score (nSPS) is 18.4. The maximum Gasteiger partial charge on any atom is 0.227 e. The Bertz CT molecular complexity index is 994. The molecule has 3 amide bonds. The third-order valence-corrected chi connectivity index (χ3v) is 6.10. The van der Waals surface area contributed by atoms with Crippen molar-refractivity contribution in [3.05, 3.63) is 71.9 Å². The van der Waals surface area contributed by atoms with Crippen molar-refractivity contribution in [3.63, 3.8) is 0 Å². The van der Waals surface area contributed by atoms with Gasteiger partial charge in [0.05, 0.1) is 12.5 Å². The summed E-state index contributed by atoms with van der Waals surface area (Å²) in [5.74, 6) is -0.160. The third-order valence-electron chi connectivity index (χ3n) is 6.10. The van der Waals surface area contributed by atoms with Gasteiger partial charge >= 0.3 is 0 Å². The van der Waals surface area contributed by atoms with E-state index in [1.807, 2.05) is 65.6 Å². The van der Waals surface area contributed by atoms with Crippen LogP contribution in [0.25, 0.3) is 6.08 Å². The summed E-state index contributed by atoms with van der Waals surface area (Å²) in [5.41, 5.74) is 2.82. The van der Waals surface area contributed by atoms with Gasteiger partial charge < -0.3 is 15.1 Å². The second-order valence-corrected chi connectivity index (χ2v) is 8.10. The molecule has 6 nitrogen and oxygen atoms in total. The van der Waals surface area contributed by atoms with Gasteiger partial charge in [-0.05, 0) is 42.2 Å². The number of para-hydroxylation sites is 1. The van der Waals surface area contributed by atoms with Crippen molar-refractivity contribution in [2.45, 2.75) is 32.2 Å². The number of rotatable bonds is 4. The zero-order valence-corrected chi connectivity index (χ0v) is 17.7. The highest BCUT2D eigenvalue weighted by molar-refractivity contribution is 5.92. The Morgan fingerprint density at radius 2 is 1.65 bits per heavy atom. The summed E-state index contributed by atoms with van der Waals surface area (Å²) < 4.78 is 0. The topological polar surface area (TPSA) is 69.7 Å². The second-order valence-electron chi connectivity index (χ2n) is 8.10. The van der Waals surface area contributed by atoms with Gasteiger partial charge in [-0.1, -0.05) is 42.5 Å². The summed E-state index contributed by atoms with van der Waals surface area (Å²) in [4.78, 5) is 41.2. The largest absolute Gasteiger partial charge is 0.343 e. The van der Waals surface area contributed by atoms with E-state index < -0.39 is 0 Å². The Kier molecular flexibility index (Phi) is 6.16. The lowest BCUT2D eigenvalue weighted by Gasteiger charge is -2.36. The van der Waals surface area contributed by atoms with E-state index in [4.69, 9.17) is 0 Å². The summed E-state index contributed by atoms with van der Waals surface area (Å²) in [6.45, 7) is 2.62. The Morgan fingerprint density at radius 1 is 0.968 bits per heavy atom. The van der Waals surface area contributed by atoms with Gasteiger partial charge in [0.25, 0.3) is 0 Å². The lowest BCUT2D eigenvalue weighted by molar-refractivity contribution is -0.137. The van der Waals surface area contributed by atoms with E-state index in [1.165, 1.54) is 6.92 Å². The first-order valence-electron chi connectivity index (χ1n) is 10.7. The van der Waals surface area contributed by atoms with Crippen LogP contribution in [0.2, 0.25) is 0 Å². The molecule has 1 N–H and O–H groups in total. The van der Waals surface area contributed by atoms with Gasteiger partial charge in [-0.25, -0.2) is 0 Å². The van der Waals surface area contributed by atoms with Crippen LogP contribution in [-0.2, 0) is 14.4 Å². The van der Waals surface area contributed by atoms with E-state index in [2.05, 4.69) is 5.32 Å². The van der Waals surface area contributed by atoms with Crippen molar-refractivity contribution in [2.75, 3.05) is 18.4 Å². The third kappa shape index (κ3) is 4.68. The quantitative estimate of drug-likeness (QED) is 0.822. The molecule has 1 atom stereocenters. The number of piperidine rings is 1. The van der Waals surface area contributed by atoms with Gasteiger partial charge in [-0.3, -0.25) is 14.4 Å². The van der Waals surface area contributed by atoms with Crippen LogP contribution in [0.1, 0.15) is 43.4 Å². The number of hydrogen-bond acceptors (Lipinski definition) is 3. The lowest BCUT2D eigenvalue weighted by Crippen LogP contribution is -2.43. The minimum absolute atomic E-state index is 0.00685. The number of benzene rings is 2. The second kappa shape index (κ2) is 9.16. The molecule has 0 aliphatic carbocycles. The van der Waals surface area contributed by atoms with Gasteiger partial charge in [-0.15, -0.1) is 0 Å². The van der Waals surface area contributed by atoms with Crippen LogP contribution in [0.3, 0.4) is 0 Å². The van der Waals surface area contributed by atoms with E-state index in [0.717, 1.165) is 16.8 Å². The van der Waals surface area contributed by atoms with E-state index >= 15 is 0 Å². The summed E-state index contributed by atoms with van der Waals surface area (Å²) >= 11 is 0. The van der Waals surface area contributed by atoms with E-state index in [9.17, 15) is 14.4 Å². The molecule has 4 rings (SSSR count). The molecule has 160 valence electrons. The molecule has 2 aliphatic rings. The van der Waals surface area contributed by atoms with Gasteiger partial charge in [-0.2, -0.15) is 0 Å². The maximum absolute atomic E-state index is 13.1. The van der Waals surface area contributed by atoms with E-state index in [-0.39, 0.29) is 36.1 Å². The summed E-state index contributed by atoms with van der Waals surface area (Å²) in [6, 6.07) is 17.0. The lowest BCUT2D eigenvalue weighted by atomic mass is 9.92. The SMILES string of the molecule is CC(=O)N1C=Cc2ccccc2C1CC(=O)N1CCC(C(=O)Nc2ccccc2)CC1. The highest BCUT2D eigenvalue weighted by Gasteiger charge is 2.32. The number of anilines is 1. The monoisotopic (exact) mass is 417 g/mol. The number of nitrogens with one attached hydrogen (secondary N) is 1. The van der Waals surface area contributed by atoms with Crippen LogP contribution in [0, 0.1) is 5.92 Å². The van der Waals surface area contributed by atoms with Gasteiger partial charge in [0.15, 0.2) is 0 Å². The molecule has 0 saturated carbocycles. The van der Waals surface area contributed by atoms with Crippen LogP contribution in [-0.4, -0.2) is 40.6 Å². The Hall–Kier alpha value is -3.41. The molecular weight excluding hydrogens is 390 g/mol. The molecule has 2 aromatic rings. The van der Waals surface area contributed by atoms with Crippen molar-refractivity contribution in [1.82, 2.24) is 9.80 Å². The van der Waals surface area contributed by atoms with Gasteiger partial charge in [0.1, 0.15) is 0 Å². The van der Waals surface area contributed by atoms with Crippen LogP contribution in [0.4, 0.5) is 5.69 Å². The molecule has 1 saturated heterocycles. The molecular formula is C25H27N3O3. The predicted molar refractivity (Wildman–Crippen MR) is 120 cm³/mol. The Morgan fingerprint density at radius 3 is 2.35 bits per heavy atom. The van der Waals surface area contributed by atoms with Crippen LogP contribution in [0.5, 0.6) is 0 Å². The first kappa shape index (κ1) is 20.8. The average molecular weight is 418 g/mol. The zero-order valence-electron chi connectivity index (χ0n) is 17.7. The summed E-state index contributed by atoms with van der Waals surface area (Å²) in [6.07, 6.45) is 5.20. The fraction of sp³-hybridized carbons (Fsp3) is 0.320. The molecule has 6 heteroatoms. The van der Waals surface area contributed by atoms with Crippen molar-refractivity contribution in [2.24, 2.45) is 5.92 Å². The van der Waals surface area contributed by atoms with Gasteiger partial charge in [0.2, 0.25) is 17.7 Å². The average Bonchev–Trinajstić information content (AvgIpc) is 2.79. The molecule has 0 bridgehead atoms. The smallest absolute Gasteiger partial charge is 0.227 e. The van der Waals surface area contributed by atoms with E-state index in [0.29, 0.717) is 25.9 Å². The van der Waals surface area contributed by atoms with Crippen molar-refractivity contribution >= 4 is 29.5 Å². The fourth-order valence-corrected chi connectivity index (χ4v) is 4.36. The van der Waals surface area contributed by atoms with Crippen LogP contribution < -0.4 is 5.32 Å². The van der Waals surface area contributed by atoms with Gasteiger partial charge in [0, 0.05) is 37.8 Å². The molecule has 1 unspecified atom stereocenters. The van der Waals surface area contributed by atoms with Crippen LogP contribution in [0.15, 0.2) is 60.8 Å². The van der Waals surface area contributed by atoms with Crippen molar-refractivity contribution < 1.29 is 14.4 Å². The first-order chi connectivity index (χ1) is 15.0. The zero-order chi connectivity index (χ0) is 21.8. The molecule has 0 spiro atoms. The summed E-state index contributed by atoms with van der Waals surface area (Å²) in [5, 5.41) is 2.96. The number of hydrogen-bond donors (Lipinski definition) is 1. The minimum atomic E-state index is -0.301. The molecule has 2 heterocycles. The summed E-state index contributed by atoms with van der Waals surface area (Å²) in [7, 11) is 0. The number of carbonyl (C=O) groups excluding carboxylic acids is 3. The number of likely N-dealkylation sites (tertiary alicyclic amines) is 1.